The van der Waals surface area contributed by atoms with Gasteiger partial charge in [0, 0.05) is 24.9 Å². The minimum absolute atomic E-state index is 0.182. The summed E-state index contributed by atoms with van der Waals surface area (Å²) in [6.45, 7) is 1.91. The highest BCUT2D eigenvalue weighted by molar-refractivity contribution is 7.07. The number of aromatic nitrogens is 3. The van der Waals surface area contributed by atoms with Crippen molar-refractivity contribution >= 4 is 28.6 Å². The maximum atomic E-state index is 12.1. The van der Waals surface area contributed by atoms with Crippen LogP contribution in [-0.2, 0) is 13.0 Å². The number of rotatable bonds is 7. The Morgan fingerprint density at radius 1 is 1.48 bits per heavy atom. The molecule has 21 heavy (non-hydrogen) atoms. The Morgan fingerprint density at radius 2 is 2.29 bits per heavy atom. The summed E-state index contributed by atoms with van der Waals surface area (Å²) in [5.41, 5.74) is 3.13. The topological polar surface area (TPSA) is 63.1 Å². The minimum atomic E-state index is -0.267. The molecule has 0 aromatic carbocycles. The van der Waals surface area contributed by atoms with Gasteiger partial charge >= 0.3 is 0 Å². The first-order chi connectivity index (χ1) is 10.1. The number of hydrogen-bond acceptors (Lipinski definition) is 6. The fourth-order valence-corrected chi connectivity index (χ4v) is 2.53. The summed E-state index contributed by atoms with van der Waals surface area (Å²) in [5.74, 6) is 0. The Balaban J connectivity index is 1.97. The molecule has 0 aliphatic heterocycles. The lowest BCUT2D eigenvalue weighted by molar-refractivity contribution is 0.367. The van der Waals surface area contributed by atoms with E-state index in [1.54, 1.807) is 23.0 Å². The SMILES string of the molecule is CN(C)CCn1ncc(NCCc2cscn2)c(Cl)c1=O. The lowest BCUT2D eigenvalue weighted by atomic mass is 10.3. The number of thiazole rings is 1. The largest absolute Gasteiger partial charge is 0.382 e. The molecule has 2 rings (SSSR count). The van der Waals surface area contributed by atoms with Crippen molar-refractivity contribution in [2.45, 2.75) is 13.0 Å². The zero-order valence-corrected chi connectivity index (χ0v) is 13.6. The van der Waals surface area contributed by atoms with Gasteiger partial charge in [0.2, 0.25) is 0 Å². The van der Waals surface area contributed by atoms with Crippen LogP contribution >= 0.6 is 22.9 Å². The van der Waals surface area contributed by atoms with Crippen LogP contribution in [0.15, 0.2) is 21.9 Å². The molecule has 8 heteroatoms. The second-order valence-electron chi connectivity index (χ2n) is 4.86. The van der Waals surface area contributed by atoms with E-state index in [1.807, 2.05) is 24.4 Å². The summed E-state index contributed by atoms with van der Waals surface area (Å²) < 4.78 is 1.38. The fraction of sp³-hybridized carbons (Fsp3) is 0.462. The highest BCUT2D eigenvalue weighted by atomic mass is 35.5. The van der Waals surface area contributed by atoms with Crippen LogP contribution in [0.4, 0.5) is 5.69 Å². The fourth-order valence-electron chi connectivity index (χ4n) is 1.73. The van der Waals surface area contributed by atoms with E-state index in [-0.39, 0.29) is 10.6 Å². The van der Waals surface area contributed by atoms with Gasteiger partial charge in [-0.3, -0.25) is 4.79 Å². The van der Waals surface area contributed by atoms with Crippen molar-refractivity contribution in [2.75, 3.05) is 32.5 Å². The number of nitrogens with zero attached hydrogens (tertiary/aromatic N) is 4. The van der Waals surface area contributed by atoms with E-state index in [2.05, 4.69) is 15.4 Å². The molecule has 0 aliphatic rings. The molecule has 2 heterocycles. The van der Waals surface area contributed by atoms with Crippen LogP contribution in [0, 0.1) is 0 Å². The van der Waals surface area contributed by atoms with Gasteiger partial charge in [0.25, 0.3) is 5.56 Å². The molecule has 0 fully saturated rings. The smallest absolute Gasteiger partial charge is 0.287 e. The molecule has 0 saturated heterocycles. The molecule has 0 saturated carbocycles. The maximum Gasteiger partial charge on any atom is 0.287 e. The predicted octanol–water partition coefficient (Wildman–Crippen LogP) is 1.57. The molecule has 0 bridgehead atoms. The number of anilines is 1. The Labute approximate surface area is 132 Å². The molecule has 0 atom stereocenters. The van der Waals surface area contributed by atoms with Crippen molar-refractivity contribution in [1.29, 1.82) is 0 Å². The highest BCUT2D eigenvalue weighted by Gasteiger charge is 2.09. The summed E-state index contributed by atoms with van der Waals surface area (Å²) in [7, 11) is 3.89. The molecule has 0 aliphatic carbocycles. The van der Waals surface area contributed by atoms with Crippen LogP contribution in [0.2, 0.25) is 5.02 Å². The molecule has 6 nitrogen and oxygen atoms in total. The standard InChI is InChI=1S/C13H18ClN5OS/c1-18(2)5-6-19-13(20)12(14)11(7-17-19)15-4-3-10-8-21-9-16-10/h7-9,15H,3-6H2,1-2H3. The minimum Gasteiger partial charge on any atom is -0.382 e. The predicted molar refractivity (Wildman–Crippen MR) is 86.4 cm³/mol. The third-order valence-corrected chi connectivity index (χ3v) is 3.92. The molecule has 2 aromatic rings. The summed E-state index contributed by atoms with van der Waals surface area (Å²) in [6, 6.07) is 0. The second kappa shape index (κ2) is 7.53. The van der Waals surface area contributed by atoms with Crippen molar-refractivity contribution in [3.63, 3.8) is 0 Å². The monoisotopic (exact) mass is 327 g/mol. The van der Waals surface area contributed by atoms with Crippen molar-refractivity contribution in [3.05, 3.63) is 38.2 Å². The summed E-state index contributed by atoms with van der Waals surface area (Å²) in [4.78, 5) is 18.3. The molecule has 1 N–H and O–H groups in total. The van der Waals surface area contributed by atoms with E-state index in [9.17, 15) is 4.79 Å². The molecule has 2 aromatic heterocycles. The number of hydrogen-bond donors (Lipinski definition) is 1. The number of likely N-dealkylation sites (N-methyl/N-ethyl adjacent to an activating group) is 1. The molecule has 114 valence electrons. The third kappa shape index (κ3) is 4.52. The molecular weight excluding hydrogens is 310 g/mol. The maximum absolute atomic E-state index is 12.1. The van der Waals surface area contributed by atoms with E-state index in [1.165, 1.54) is 4.68 Å². The Morgan fingerprint density at radius 3 is 2.95 bits per heavy atom. The van der Waals surface area contributed by atoms with Crippen LogP contribution in [-0.4, -0.2) is 46.8 Å². The summed E-state index contributed by atoms with van der Waals surface area (Å²) >= 11 is 7.68. The number of halogens is 1. The lowest BCUT2D eigenvalue weighted by Crippen LogP contribution is -2.29. The van der Waals surface area contributed by atoms with Crippen molar-refractivity contribution in [3.8, 4) is 0 Å². The average molecular weight is 328 g/mol. The molecule has 0 spiro atoms. The van der Waals surface area contributed by atoms with E-state index in [0.717, 1.165) is 18.7 Å². The van der Waals surface area contributed by atoms with E-state index < -0.39 is 0 Å². The Bertz CT molecular complexity index is 626. The average Bonchev–Trinajstić information content (AvgIpc) is 2.95. The zero-order valence-electron chi connectivity index (χ0n) is 12.0. The van der Waals surface area contributed by atoms with Crippen LogP contribution in [0.5, 0.6) is 0 Å². The Kier molecular flexibility index (Phi) is 5.72. The first-order valence-electron chi connectivity index (χ1n) is 6.59. The van der Waals surface area contributed by atoms with Crippen molar-refractivity contribution in [2.24, 2.45) is 0 Å². The van der Waals surface area contributed by atoms with Gasteiger partial charge in [-0.1, -0.05) is 11.6 Å². The van der Waals surface area contributed by atoms with Gasteiger partial charge in [0.1, 0.15) is 5.02 Å². The van der Waals surface area contributed by atoms with Gasteiger partial charge in [-0.05, 0) is 14.1 Å². The van der Waals surface area contributed by atoms with Crippen molar-refractivity contribution in [1.82, 2.24) is 19.7 Å². The van der Waals surface area contributed by atoms with Gasteiger partial charge in [-0.2, -0.15) is 5.10 Å². The van der Waals surface area contributed by atoms with Crippen LogP contribution < -0.4 is 10.9 Å². The lowest BCUT2D eigenvalue weighted by Gasteiger charge is -2.12. The zero-order chi connectivity index (χ0) is 15.2. The van der Waals surface area contributed by atoms with Crippen LogP contribution in [0.3, 0.4) is 0 Å². The molecule has 0 unspecified atom stereocenters. The van der Waals surface area contributed by atoms with Gasteiger partial charge < -0.3 is 10.2 Å². The van der Waals surface area contributed by atoms with E-state index >= 15 is 0 Å². The summed E-state index contributed by atoms with van der Waals surface area (Å²) in [5, 5.41) is 9.46. The molecule has 0 amide bonds. The van der Waals surface area contributed by atoms with E-state index in [0.29, 0.717) is 18.8 Å². The second-order valence-corrected chi connectivity index (χ2v) is 5.96. The van der Waals surface area contributed by atoms with Gasteiger partial charge in [0.15, 0.2) is 0 Å². The molecular formula is C13H18ClN5OS. The van der Waals surface area contributed by atoms with Gasteiger partial charge in [-0.15, -0.1) is 11.3 Å². The van der Waals surface area contributed by atoms with Gasteiger partial charge in [-0.25, -0.2) is 9.67 Å². The first-order valence-corrected chi connectivity index (χ1v) is 7.91. The van der Waals surface area contributed by atoms with E-state index in [4.69, 9.17) is 11.6 Å². The Hall–Kier alpha value is -1.44. The summed E-state index contributed by atoms with van der Waals surface area (Å²) in [6.07, 6.45) is 2.38. The number of nitrogens with one attached hydrogen (secondary N) is 1. The highest BCUT2D eigenvalue weighted by Crippen LogP contribution is 2.15. The first kappa shape index (κ1) is 15.9. The normalized spacial score (nSPS) is 11.0. The molecule has 0 radical (unpaired) electrons. The van der Waals surface area contributed by atoms with Crippen LogP contribution in [0.25, 0.3) is 0 Å². The third-order valence-electron chi connectivity index (χ3n) is 2.92. The van der Waals surface area contributed by atoms with Crippen LogP contribution in [0.1, 0.15) is 5.69 Å². The quantitative estimate of drug-likeness (QED) is 0.836. The van der Waals surface area contributed by atoms with Crippen molar-refractivity contribution < 1.29 is 0 Å². The van der Waals surface area contributed by atoms with Gasteiger partial charge in [0.05, 0.1) is 29.6 Å².